The minimum atomic E-state index is -0.573. The van der Waals surface area contributed by atoms with Gasteiger partial charge in [-0.25, -0.2) is 0 Å². The topological polar surface area (TPSA) is 101 Å². The number of carbonyl (C=O) groups excluding carboxylic acids is 2. The van der Waals surface area contributed by atoms with Gasteiger partial charge in [-0.2, -0.15) is 0 Å². The van der Waals surface area contributed by atoms with E-state index in [1.54, 1.807) is 0 Å². The van der Waals surface area contributed by atoms with Gasteiger partial charge in [0.15, 0.2) is 0 Å². The van der Waals surface area contributed by atoms with Gasteiger partial charge >= 0.3 is 0 Å². The second-order valence-corrected chi connectivity index (χ2v) is 4.33. The first kappa shape index (κ1) is 13.0. The summed E-state index contributed by atoms with van der Waals surface area (Å²) in [5.74, 6) is -0.754. The van der Waals surface area contributed by atoms with Crippen LogP contribution < -0.4 is 10.6 Å². The Bertz CT molecular complexity index is 525. The largest absolute Gasteiger partial charge is 0.352 e. The van der Waals surface area contributed by atoms with Gasteiger partial charge in [0.1, 0.15) is 0 Å². The zero-order chi connectivity index (χ0) is 13.8. The average Bonchev–Trinajstić information content (AvgIpc) is 3.20. The summed E-state index contributed by atoms with van der Waals surface area (Å²) in [4.78, 5) is 33.1. The number of hydrogen-bond donors (Lipinski definition) is 2. The molecule has 2 amide bonds. The normalized spacial score (nSPS) is 13.7. The Morgan fingerprint density at radius 3 is 2.74 bits per heavy atom. The smallest absolute Gasteiger partial charge is 0.270 e. The third-order valence-electron chi connectivity index (χ3n) is 2.67. The number of nitro groups is 1. The summed E-state index contributed by atoms with van der Waals surface area (Å²) in [6.07, 6.45) is 1.95. The van der Waals surface area contributed by atoms with Crippen molar-refractivity contribution in [3.63, 3.8) is 0 Å². The highest BCUT2D eigenvalue weighted by Crippen LogP contribution is 2.18. The third-order valence-corrected chi connectivity index (χ3v) is 2.67. The van der Waals surface area contributed by atoms with E-state index in [1.165, 1.54) is 24.3 Å². The SMILES string of the molecule is O=C(CNC(=O)c1cccc([N+](=O)[O-])c1)NC1CC1. The lowest BCUT2D eigenvalue weighted by molar-refractivity contribution is -0.384. The Kier molecular flexibility index (Phi) is 3.74. The minimum absolute atomic E-state index is 0.127. The van der Waals surface area contributed by atoms with Crippen molar-refractivity contribution in [2.45, 2.75) is 18.9 Å². The van der Waals surface area contributed by atoms with Gasteiger partial charge < -0.3 is 10.6 Å². The Morgan fingerprint density at radius 2 is 2.11 bits per heavy atom. The van der Waals surface area contributed by atoms with Crippen molar-refractivity contribution in [1.82, 2.24) is 10.6 Å². The monoisotopic (exact) mass is 263 g/mol. The predicted molar refractivity (Wildman–Crippen MR) is 66.6 cm³/mol. The molecule has 1 aromatic carbocycles. The fourth-order valence-corrected chi connectivity index (χ4v) is 1.53. The van der Waals surface area contributed by atoms with Crippen molar-refractivity contribution in [3.8, 4) is 0 Å². The summed E-state index contributed by atoms with van der Waals surface area (Å²) in [6.45, 7) is -0.127. The maximum absolute atomic E-state index is 11.7. The standard InChI is InChI=1S/C12H13N3O4/c16-11(14-9-4-5-9)7-13-12(17)8-2-1-3-10(6-8)15(18)19/h1-3,6,9H,4-5,7H2,(H,13,17)(H,14,16). The van der Waals surface area contributed by atoms with Crippen LogP contribution in [0, 0.1) is 10.1 Å². The fourth-order valence-electron chi connectivity index (χ4n) is 1.53. The van der Waals surface area contributed by atoms with Gasteiger partial charge in [-0.1, -0.05) is 6.07 Å². The van der Waals surface area contributed by atoms with E-state index in [9.17, 15) is 19.7 Å². The molecule has 2 N–H and O–H groups in total. The lowest BCUT2D eigenvalue weighted by Gasteiger charge is -2.05. The Balaban J connectivity index is 1.89. The number of nitrogens with one attached hydrogen (secondary N) is 2. The summed E-state index contributed by atoms with van der Waals surface area (Å²) in [6, 6.07) is 5.60. The van der Waals surface area contributed by atoms with E-state index in [1.807, 2.05) is 0 Å². The van der Waals surface area contributed by atoms with Gasteiger partial charge in [0.2, 0.25) is 5.91 Å². The number of non-ortho nitro benzene ring substituents is 1. The molecule has 0 heterocycles. The molecule has 0 aromatic heterocycles. The average molecular weight is 263 g/mol. The molecule has 1 aliphatic carbocycles. The van der Waals surface area contributed by atoms with Crippen LogP contribution in [0.25, 0.3) is 0 Å². The molecule has 1 saturated carbocycles. The van der Waals surface area contributed by atoms with E-state index < -0.39 is 10.8 Å². The molecule has 1 fully saturated rings. The first-order valence-corrected chi connectivity index (χ1v) is 5.88. The first-order valence-electron chi connectivity index (χ1n) is 5.88. The summed E-state index contributed by atoms with van der Waals surface area (Å²) in [5, 5.41) is 15.7. The number of nitro benzene ring substituents is 1. The van der Waals surface area contributed by atoms with Crippen LogP contribution in [-0.4, -0.2) is 29.3 Å². The molecule has 1 aromatic rings. The predicted octanol–water partition coefficient (Wildman–Crippen LogP) is 0.603. The molecule has 0 atom stereocenters. The molecule has 2 rings (SSSR count). The minimum Gasteiger partial charge on any atom is -0.352 e. The molecule has 7 nitrogen and oxygen atoms in total. The summed E-state index contributed by atoms with van der Waals surface area (Å²) >= 11 is 0. The van der Waals surface area contributed by atoms with Crippen LogP contribution in [0.1, 0.15) is 23.2 Å². The lowest BCUT2D eigenvalue weighted by atomic mass is 10.2. The Labute approximate surface area is 109 Å². The highest BCUT2D eigenvalue weighted by Gasteiger charge is 2.23. The van der Waals surface area contributed by atoms with E-state index in [2.05, 4.69) is 10.6 Å². The zero-order valence-electron chi connectivity index (χ0n) is 10.1. The van der Waals surface area contributed by atoms with Crippen molar-refractivity contribution in [3.05, 3.63) is 39.9 Å². The fraction of sp³-hybridized carbons (Fsp3) is 0.333. The van der Waals surface area contributed by atoms with Crippen LogP contribution in [0.4, 0.5) is 5.69 Å². The maximum atomic E-state index is 11.7. The number of amides is 2. The van der Waals surface area contributed by atoms with E-state index in [0.717, 1.165) is 12.8 Å². The molecule has 0 saturated heterocycles. The van der Waals surface area contributed by atoms with Gasteiger partial charge in [-0.05, 0) is 18.9 Å². The summed E-state index contributed by atoms with van der Waals surface area (Å²) in [7, 11) is 0. The van der Waals surface area contributed by atoms with E-state index in [4.69, 9.17) is 0 Å². The van der Waals surface area contributed by atoms with Gasteiger partial charge in [0, 0.05) is 23.7 Å². The van der Waals surface area contributed by atoms with Crippen molar-refractivity contribution < 1.29 is 14.5 Å². The number of carbonyl (C=O) groups is 2. The highest BCUT2D eigenvalue weighted by atomic mass is 16.6. The summed E-state index contributed by atoms with van der Waals surface area (Å²) in [5.41, 5.74) is 0.00324. The van der Waals surface area contributed by atoms with Crippen LogP contribution in [0.3, 0.4) is 0 Å². The molecule has 1 aliphatic rings. The third kappa shape index (κ3) is 3.77. The van der Waals surface area contributed by atoms with Crippen LogP contribution in [-0.2, 0) is 4.79 Å². The van der Waals surface area contributed by atoms with Crippen molar-refractivity contribution >= 4 is 17.5 Å². The number of rotatable bonds is 5. The summed E-state index contributed by atoms with van der Waals surface area (Å²) < 4.78 is 0. The highest BCUT2D eigenvalue weighted by molar-refractivity contribution is 5.97. The molecule has 0 unspecified atom stereocenters. The van der Waals surface area contributed by atoms with Crippen LogP contribution >= 0.6 is 0 Å². The maximum Gasteiger partial charge on any atom is 0.270 e. The molecule has 0 aliphatic heterocycles. The number of hydrogen-bond acceptors (Lipinski definition) is 4. The first-order chi connectivity index (χ1) is 9.06. The zero-order valence-corrected chi connectivity index (χ0v) is 10.1. The second kappa shape index (κ2) is 5.47. The quantitative estimate of drug-likeness (QED) is 0.600. The number of benzene rings is 1. The Hall–Kier alpha value is -2.44. The molecule has 0 spiro atoms. The molecule has 7 heteroatoms. The van der Waals surface area contributed by atoms with Crippen molar-refractivity contribution in [1.29, 1.82) is 0 Å². The van der Waals surface area contributed by atoms with Gasteiger partial charge in [0.25, 0.3) is 11.6 Å². The van der Waals surface area contributed by atoms with Gasteiger partial charge in [-0.3, -0.25) is 19.7 Å². The Morgan fingerprint density at radius 1 is 1.37 bits per heavy atom. The van der Waals surface area contributed by atoms with Crippen LogP contribution in [0.5, 0.6) is 0 Å². The van der Waals surface area contributed by atoms with Gasteiger partial charge in [-0.15, -0.1) is 0 Å². The lowest BCUT2D eigenvalue weighted by Crippen LogP contribution is -2.37. The van der Waals surface area contributed by atoms with Gasteiger partial charge in [0.05, 0.1) is 11.5 Å². The van der Waals surface area contributed by atoms with Crippen molar-refractivity contribution in [2.24, 2.45) is 0 Å². The van der Waals surface area contributed by atoms with E-state index in [-0.39, 0.29) is 29.7 Å². The molecular weight excluding hydrogens is 250 g/mol. The van der Waals surface area contributed by atoms with Crippen LogP contribution in [0.15, 0.2) is 24.3 Å². The number of nitrogens with zero attached hydrogens (tertiary/aromatic N) is 1. The van der Waals surface area contributed by atoms with Crippen LogP contribution in [0.2, 0.25) is 0 Å². The van der Waals surface area contributed by atoms with E-state index in [0.29, 0.717) is 0 Å². The van der Waals surface area contributed by atoms with Crippen molar-refractivity contribution in [2.75, 3.05) is 6.54 Å². The van der Waals surface area contributed by atoms with E-state index >= 15 is 0 Å². The molecule has 0 bridgehead atoms. The molecular formula is C12H13N3O4. The second-order valence-electron chi connectivity index (χ2n) is 4.33. The molecule has 19 heavy (non-hydrogen) atoms. The molecule has 100 valence electrons. The molecule has 0 radical (unpaired) electrons.